The van der Waals surface area contributed by atoms with Gasteiger partial charge in [-0.3, -0.25) is 9.47 Å². The second-order valence-electron chi connectivity index (χ2n) is 9.51. The first-order chi connectivity index (χ1) is 16.4. The maximum atomic E-state index is 12.8. The van der Waals surface area contributed by atoms with Crippen LogP contribution in [0.25, 0.3) is 10.9 Å². The normalized spacial score (nSPS) is 16.6. The lowest BCUT2D eigenvalue weighted by atomic mass is 10.1. The number of carbonyl (C=O) groups is 1. The molecule has 6 nitrogen and oxygen atoms in total. The van der Waals surface area contributed by atoms with Crippen molar-refractivity contribution in [2.24, 2.45) is 0 Å². The minimum absolute atomic E-state index is 0.387. The molecule has 1 aliphatic rings. The maximum absolute atomic E-state index is 12.8. The van der Waals surface area contributed by atoms with E-state index in [0.29, 0.717) is 25.3 Å². The first kappa shape index (κ1) is 23.6. The number of hydrogen-bond donors (Lipinski definition) is 0. The number of benzene rings is 2. The van der Waals surface area contributed by atoms with Gasteiger partial charge in [-0.1, -0.05) is 48.5 Å². The van der Waals surface area contributed by atoms with Crippen LogP contribution in [0.15, 0.2) is 72.6 Å². The zero-order valence-corrected chi connectivity index (χ0v) is 20.0. The molecule has 6 heteroatoms. The Morgan fingerprint density at radius 2 is 1.85 bits per heavy atom. The molecular weight excluding hydrogens is 426 g/mol. The van der Waals surface area contributed by atoms with E-state index >= 15 is 0 Å². The van der Waals surface area contributed by atoms with E-state index in [-0.39, 0.29) is 6.09 Å². The number of nitriles is 1. The molecule has 4 rings (SSSR count). The van der Waals surface area contributed by atoms with Crippen LogP contribution in [-0.2, 0) is 22.5 Å². The number of fused-ring (bicyclic) bond motifs is 1. The second-order valence-corrected chi connectivity index (χ2v) is 9.51. The molecule has 1 atom stereocenters. The van der Waals surface area contributed by atoms with Gasteiger partial charge in [0.2, 0.25) is 0 Å². The van der Waals surface area contributed by atoms with Gasteiger partial charge in [0.1, 0.15) is 18.0 Å². The van der Waals surface area contributed by atoms with E-state index in [0.717, 1.165) is 35.0 Å². The number of hydrogen-bond acceptors (Lipinski definition) is 5. The van der Waals surface area contributed by atoms with Crippen LogP contribution in [0.3, 0.4) is 0 Å². The van der Waals surface area contributed by atoms with Crippen molar-refractivity contribution < 1.29 is 14.3 Å². The summed E-state index contributed by atoms with van der Waals surface area (Å²) < 4.78 is 13.2. The smallest absolute Gasteiger partial charge is 0.419 e. The van der Waals surface area contributed by atoms with Crippen LogP contribution in [0.2, 0.25) is 0 Å². The minimum atomic E-state index is -0.571. The first-order valence-corrected chi connectivity index (χ1v) is 11.7. The third kappa shape index (κ3) is 5.49. The van der Waals surface area contributed by atoms with Gasteiger partial charge in [0.25, 0.3) is 0 Å². The fourth-order valence-electron chi connectivity index (χ4n) is 4.23. The third-order valence-corrected chi connectivity index (χ3v) is 5.82. The molecule has 0 spiro atoms. The maximum Gasteiger partial charge on any atom is 0.419 e. The van der Waals surface area contributed by atoms with Crippen LogP contribution in [0, 0.1) is 11.3 Å². The highest BCUT2D eigenvalue weighted by molar-refractivity contribution is 5.92. The average molecular weight is 458 g/mol. The molecule has 34 heavy (non-hydrogen) atoms. The quantitative estimate of drug-likeness (QED) is 0.477. The summed E-state index contributed by atoms with van der Waals surface area (Å²) in [5, 5.41) is 10.9. The van der Waals surface area contributed by atoms with E-state index in [1.54, 1.807) is 4.57 Å². The Balaban J connectivity index is 1.47. The zero-order valence-electron chi connectivity index (χ0n) is 20.0. The van der Waals surface area contributed by atoms with Crippen molar-refractivity contribution in [2.75, 3.05) is 13.1 Å². The van der Waals surface area contributed by atoms with Gasteiger partial charge in [-0.15, -0.1) is 0 Å². The molecule has 0 aliphatic carbocycles. The Morgan fingerprint density at radius 1 is 1.12 bits per heavy atom. The summed E-state index contributed by atoms with van der Waals surface area (Å²) in [6.07, 6.45) is 5.05. The standard InChI is InChI=1S/C28H31N3O3/c1-28(2,3)34-27(32)31-19-22(23-12-7-8-13-24(23)31)15-17-30-16-9-14-26(25(30)18-29)33-20-21-10-5-4-6-11-21/h4-8,10-14,19,25H,9,15-17,20H2,1-3H3. The monoisotopic (exact) mass is 457 g/mol. The molecule has 1 unspecified atom stereocenters. The Hall–Kier alpha value is -3.56. The summed E-state index contributed by atoms with van der Waals surface area (Å²) in [6, 6.07) is 19.8. The van der Waals surface area contributed by atoms with E-state index in [2.05, 4.69) is 11.0 Å². The van der Waals surface area contributed by atoms with Crippen molar-refractivity contribution >= 4 is 17.0 Å². The SMILES string of the molecule is CC(C)(C)OC(=O)n1cc(CCN2CCC=C(OCc3ccccc3)C2C#N)c2ccccc21. The van der Waals surface area contributed by atoms with Crippen molar-refractivity contribution in [2.45, 2.75) is 51.9 Å². The lowest BCUT2D eigenvalue weighted by Gasteiger charge is -2.31. The fraction of sp³-hybridized carbons (Fsp3) is 0.357. The van der Waals surface area contributed by atoms with Crippen LogP contribution >= 0.6 is 0 Å². The summed E-state index contributed by atoms with van der Waals surface area (Å²) >= 11 is 0. The number of carbonyl (C=O) groups excluding carboxylic acids is 1. The van der Waals surface area contributed by atoms with Crippen LogP contribution in [0.4, 0.5) is 4.79 Å². The summed E-state index contributed by atoms with van der Waals surface area (Å²) in [4.78, 5) is 14.9. The molecular formula is C28H31N3O3. The molecule has 0 saturated carbocycles. The van der Waals surface area contributed by atoms with Gasteiger partial charge in [-0.25, -0.2) is 4.79 Å². The molecule has 0 amide bonds. The highest BCUT2D eigenvalue weighted by Gasteiger charge is 2.27. The molecule has 2 aromatic carbocycles. The highest BCUT2D eigenvalue weighted by atomic mass is 16.6. The lowest BCUT2D eigenvalue weighted by Crippen LogP contribution is -2.41. The van der Waals surface area contributed by atoms with Crippen molar-refractivity contribution in [3.63, 3.8) is 0 Å². The fourth-order valence-corrected chi connectivity index (χ4v) is 4.23. The minimum Gasteiger partial charge on any atom is -0.491 e. The first-order valence-electron chi connectivity index (χ1n) is 11.7. The van der Waals surface area contributed by atoms with Gasteiger partial charge in [0, 0.05) is 24.7 Å². The molecule has 1 aromatic heterocycles. The Morgan fingerprint density at radius 3 is 2.59 bits per heavy atom. The van der Waals surface area contributed by atoms with Gasteiger partial charge < -0.3 is 9.47 Å². The predicted octanol–water partition coefficient (Wildman–Crippen LogP) is 5.67. The van der Waals surface area contributed by atoms with Crippen molar-refractivity contribution in [3.05, 3.63) is 83.8 Å². The van der Waals surface area contributed by atoms with E-state index in [1.165, 1.54) is 0 Å². The van der Waals surface area contributed by atoms with Gasteiger partial charge in [0.15, 0.2) is 6.04 Å². The van der Waals surface area contributed by atoms with Crippen molar-refractivity contribution in [1.82, 2.24) is 9.47 Å². The number of rotatable bonds is 6. The molecule has 0 radical (unpaired) electrons. The second kappa shape index (κ2) is 10.1. The van der Waals surface area contributed by atoms with Crippen LogP contribution < -0.4 is 0 Å². The topological polar surface area (TPSA) is 67.5 Å². The molecule has 2 heterocycles. The number of ether oxygens (including phenoxy) is 2. The van der Waals surface area contributed by atoms with Crippen molar-refractivity contribution in [3.8, 4) is 6.07 Å². The Bertz CT molecular complexity index is 1220. The molecule has 1 aliphatic heterocycles. The van der Waals surface area contributed by atoms with Crippen molar-refractivity contribution in [1.29, 1.82) is 5.26 Å². The van der Waals surface area contributed by atoms with Crippen LogP contribution in [0.1, 0.15) is 38.3 Å². The zero-order chi connectivity index (χ0) is 24.1. The predicted molar refractivity (Wildman–Crippen MR) is 132 cm³/mol. The summed E-state index contributed by atoms with van der Waals surface area (Å²) in [5.41, 5.74) is 2.39. The lowest BCUT2D eigenvalue weighted by molar-refractivity contribution is 0.0544. The Labute approximate surface area is 201 Å². The summed E-state index contributed by atoms with van der Waals surface area (Å²) in [7, 11) is 0. The Kier molecular flexibility index (Phi) is 7.04. The largest absolute Gasteiger partial charge is 0.491 e. The van der Waals surface area contributed by atoms with E-state index in [4.69, 9.17) is 9.47 Å². The third-order valence-electron chi connectivity index (χ3n) is 5.82. The van der Waals surface area contributed by atoms with E-state index in [9.17, 15) is 10.1 Å². The van der Waals surface area contributed by atoms with Crippen LogP contribution in [-0.4, -0.2) is 40.3 Å². The van der Waals surface area contributed by atoms with Gasteiger partial charge in [-0.2, -0.15) is 5.26 Å². The number of aromatic nitrogens is 1. The number of nitrogens with zero attached hydrogens (tertiary/aromatic N) is 3. The van der Waals surface area contributed by atoms with Gasteiger partial charge in [-0.05, 0) is 56.9 Å². The molecule has 0 fully saturated rings. The molecule has 3 aromatic rings. The average Bonchev–Trinajstić information content (AvgIpc) is 3.20. The molecule has 0 bridgehead atoms. The van der Waals surface area contributed by atoms with Gasteiger partial charge in [0.05, 0.1) is 11.6 Å². The molecule has 176 valence electrons. The van der Waals surface area contributed by atoms with Crippen LogP contribution in [0.5, 0.6) is 0 Å². The molecule has 0 N–H and O–H groups in total. The summed E-state index contributed by atoms with van der Waals surface area (Å²) in [5.74, 6) is 0.716. The number of para-hydroxylation sites is 1. The van der Waals surface area contributed by atoms with E-state index < -0.39 is 11.6 Å². The summed E-state index contributed by atoms with van der Waals surface area (Å²) in [6.45, 7) is 7.51. The van der Waals surface area contributed by atoms with Gasteiger partial charge >= 0.3 is 6.09 Å². The highest BCUT2D eigenvalue weighted by Crippen LogP contribution is 2.25. The van der Waals surface area contributed by atoms with E-state index in [1.807, 2.05) is 87.6 Å². The molecule has 0 saturated heterocycles.